The summed E-state index contributed by atoms with van der Waals surface area (Å²) in [6.45, 7) is 4.07. The molecule has 0 bridgehead atoms. The fraction of sp³-hybridized carbons (Fsp3) is 0.588. The first-order valence-electron chi connectivity index (χ1n) is 7.73. The van der Waals surface area contributed by atoms with E-state index in [4.69, 9.17) is 5.73 Å². The van der Waals surface area contributed by atoms with Gasteiger partial charge in [0.05, 0.1) is 5.41 Å². The van der Waals surface area contributed by atoms with Crippen molar-refractivity contribution in [2.75, 3.05) is 13.1 Å². The van der Waals surface area contributed by atoms with Gasteiger partial charge < -0.3 is 10.6 Å². The lowest BCUT2D eigenvalue weighted by Crippen LogP contribution is -2.53. The molecule has 2 aliphatic rings. The lowest BCUT2D eigenvalue weighted by Gasteiger charge is -2.45. The second-order valence-electron chi connectivity index (χ2n) is 6.43. The first-order chi connectivity index (χ1) is 9.62. The highest BCUT2D eigenvalue weighted by Crippen LogP contribution is 2.38. The molecule has 0 aromatic heterocycles. The van der Waals surface area contributed by atoms with Crippen LogP contribution in [0.1, 0.15) is 43.2 Å². The van der Waals surface area contributed by atoms with E-state index >= 15 is 0 Å². The number of amides is 1. The van der Waals surface area contributed by atoms with E-state index in [1.165, 1.54) is 24.8 Å². The number of carbonyl (C=O) groups is 1. The van der Waals surface area contributed by atoms with Crippen molar-refractivity contribution < 1.29 is 4.79 Å². The molecule has 0 unspecified atom stereocenters. The smallest absolute Gasteiger partial charge is 0.228 e. The number of primary amides is 1. The fourth-order valence-electron chi connectivity index (χ4n) is 3.57. The van der Waals surface area contributed by atoms with Crippen LogP contribution in [0.5, 0.6) is 0 Å². The number of piperidine rings is 1. The second-order valence-corrected chi connectivity index (χ2v) is 6.43. The van der Waals surface area contributed by atoms with Crippen molar-refractivity contribution in [3.8, 4) is 0 Å². The Morgan fingerprint density at radius 2 is 1.80 bits per heavy atom. The van der Waals surface area contributed by atoms with Crippen LogP contribution in [0.3, 0.4) is 0 Å². The second kappa shape index (κ2) is 5.21. The van der Waals surface area contributed by atoms with E-state index in [1.807, 2.05) is 0 Å². The molecule has 20 heavy (non-hydrogen) atoms. The van der Waals surface area contributed by atoms with Gasteiger partial charge in [-0.3, -0.25) is 4.79 Å². The van der Waals surface area contributed by atoms with Gasteiger partial charge in [0.2, 0.25) is 5.91 Å². The first kappa shape index (κ1) is 13.6. The highest BCUT2D eigenvalue weighted by molar-refractivity contribution is 5.87. The Labute approximate surface area is 121 Å². The van der Waals surface area contributed by atoms with Crippen molar-refractivity contribution in [3.05, 3.63) is 35.4 Å². The van der Waals surface area contributed by atoms with Crippen LogP contribution in [-0.2, 0) is 10.2 Å². The summed E-state index contributed by atoms with van der Waals surface area (Å²) in [7, 11) is 0. The molecule has 3 rings (SSSR count). The van der Waals surface area contributed by atoms with Crippen LogP contribution in [0.2, 0.25) is 0 Å². The van der Waals surface area contributed by atoms with Gasteiger partial charge in [0.15, 0.2) is 0 Å². The van der Waals surface area contributed by atoms with Crippen LogP contribution in [-0.4, -0.2) is 29.9 Å². The van der Waals surface area contributed by atoms with E-state index in [0.717, 1.165) is 37.5 Å². The number of aryl methyl sites for hydroxylation is 1. The molecule has 1 aromatic carbocycles. The van der Waals surface area contributed by atoms with Crippen molar-refractivity contribution in [2.45, 2.75) is 50.5 Å². The fourth-order valence-corrected chi connectivity index (χ4v) is 3.57. The summed E-state index contributed by atoms with van der Waals surface area (Å²) < 4.78 is 0. The minimum Gasteiger partial charge on any atom is -0.369 e. The molecule has 1 aromatic rings. The van der Waals surface area contributed by atoms with Gasteiger partial charge in [0.1, 0.15) is 0 Å². The molecule has 1 aliphatic carbocycles. The van der Waals surface area contributed by atoms with Gasteiger partial charge in [0.25, 0.3) is 0 Å². The van der Waals surface area contributed by atoms with Crippen LogP contribution in [0.4, 0.5) is 0 Å². The third-order valence-corrected chi connectivity index (χ3v) is 5.32. The van der Waals surface area contributed by atoms with Crippen molar-refractivity contribution in [2.24, 2.45) is 5.73 Å². The number of carbonyl (C=O) groups excluding carboxylic acids is 1. The summed E-state index contributed by atoms with van der Waals surface area (Å²) in [5.74, 6) is -0.158. The average Bonchev–Trinajstić information content (AvgIpc) is 2.38. The zero-order valence-corrected chi connectivity index (χ0v) is 12.3. The summed E-state index contributed by atoms with van der Waals surface area (Å²) in [5.41, 5.74) is 7.66. The Bertz CT molecular complexity index is 482. The molecule has 1 heterocycles. The zero-order chi connectivity index (χ0) is 14.2. The average molecular weight is 272 g/mol. The SMILES string of the molecule is Cc1ccc(C2(C(N)=O)CCN(C3CCC3)CC2)cc1. The zero-order valence-electron chi connectivity index (χ0n) is 12.3. The van der Waals surface area contributed by atoms with Crippen molar-refractivity contribution >= 4 is 5.91 Å². The molecule has 3 heteroatoms. The summed E-state index contributed by atoms with van der Waals surface area (Å²) >= 11 is 0. The molecule has 2 fully saturated rings. The Morgan fingerprint density at radius 1 is 1.20 bits per heavy atom. The number of likely N-dealkylation sites (tertiary alicyclic amines) is 1. The molecule has 108 valence electrons. The minimum atomic E-state index is -0.450. The molecular weight excluding hydrogens is 248 g/mol. The Balaban J connectivity index is 1.79. The van der Waals surface area contributed by atoms with Crippen LogP contribution >= 0.6 is 0 Å². The van der Waals surface area contributed by atoms with Crippen LogP contribution in [0.25, 0.3) is 0 Å². The van der Waals surface area contributed by atoms with Crippen molar-refractivity contribution in [1.82, 2.24) is 4.90 Å². The quantitative estimate of drug-likeness (QED) is 0.918. The molecule has 0 radical (unpaired) electrons. The van der Waals surface area contributed by atoms with Gasteiger partial charge in [0, 0.05) is 6.04 Å². The largest absolute Gasteiger partial charge is 0.369 e. The summed E-state index contributed by atoms with van der Waals surface area (Å²) in [5, 5.41) is 0. The first-order valence-corrected chi connectivity index (χ1v) is 7.73. The van der Waals surface area contributed by atoms with Gasteiger partial charge in [-0.1, -0.05) is 36.2 Å². The van der Waals surface area contributed by atoms with E-state index < -0.39 is 5.41 Å². The molecule has 1 amide bonds. The number of rotatable bonds is 3. The molecule has 1 saturated carbocycles. The third-order valence-electron chi connectivity index (χ3n) is 5.32. The third kappa shape index (κ3) is 2.24. The summed E-state index contributed by atoms with van der Waals surface area (Å²) in [6, 6.07) is 9.09. The standard InChI is InChI=1S/C17H24N2O/c1-13-5-7-14(8-6-13)17(16(18)20)9-11-19(12-10-17)15-3-2-4-15/h5-8,15H,2-4,9-12H2,1H3,(H2,18,20). The van der Waals surface area contributed by atoms with Crippen LogP contribution in [0, 0.1) is 6.92 Å². The lowest BCUT2D eigenvalue weighted by atomic mass is 9.71. The maximum atomic E-state index is 12.1. The predicted octanol–water partition coefficient (Wildman–Crippen LogP) is 2.37. The van der Waals surface area contributed by atoms with Crippen LogP contribution in [0.15, 0.2) is 24.3 Å². The van der Waals surface area contributed by atoms with Gasteiger partial charge in [-0.15, -0.1) is 0 Å². The molecule has 2 N–H and O–H groups in total. The van der Waals surface area contributed by atoms with E-state index in [9.17, 15) is 4.79 Å². The Morgan fingerprint density at radius 3 is 2.25 bits per heavy atom. The summed E-state index contributed by atoms with van der Waals surface area (Å²) in [6.07, 6.45) is 5.74. The van der Waals surface area contributed by atoms with Gasteiger partial charge >= 0.3 is 0 Å². The minimum absolute atomic E-state index is 0.158. The van der Waals surface area contributed by atoms with E-state index in [2.05, 4.69) is 36.1 Å². The molecule has 0 spiro atoms. The Hall–Kier alpha value is -1.35. The van der Waals surface area contributed by atoms with E-state index in [0.29, 0.717) is 0 Å². The Kier molecular flexibility index (Phi) is 3.55. The normalized spacial score (nSPS) is 23.2. The highest BCUT2D eigenvalue weighted by Gasteiger charge is 2.43. The molecule has 1 aliphatic heterocycles. The van der Waals surface area contributed by atoms with Crippen LogP contribution < -0.4 is 5.73 Å². The number of benzene rings is 1. The number of nitrogens with zero attached hydrogens (tertiary/aromatic N) is 1. The number of hydrogen-bond donors (Lipinski definition) is 1. The van der Waals surface area contributed by atoms with Crippen molar-refractivity contribution in [1.29, 1.82) is 0 Å². The molecular formula is C17H24N2O. The van der Waals surface area contributed by atoms with E-state index in [1.54, 1.807) is 0 Å². The molecule has 1 saturated heterocycles. The van der Waals surface area contributed by atoms with Crippen molar-refractivity contribution in [3.63, 3.8) is 0 Å². The van der Waals surface area contributed by atoms with E-state index in [-0.39, 0.29) is 5.91 Å². The predicted molar refractivity (Wildman–Crippen MR) is 80.5 cm³/mol. The molecule has 3 nitrogen and oxygen atoms in total. The monoisotopic (exact) mass is 272 g/mol. The number of hydrogen-bond acceptors (Lipinski definition) is 2. The van der Waals surface area contributed by atoms with Gasteiger partial charge in [-0.05, 0) is 51.3 Å². The van der Waals surface area contributed by atoms with Gasteiger partial charge in [-0.25, -0.2) is 0 Å². The van der Waals surface area contributed by atoms with Gasteiger partial charge in [-0.2, -0.15) is 0 Å². The molecule has 0 atom stereocenters. The maximum Gasteiger partial charge on any atom is 0.228 e. The lowest BCUT2D eigenvalue weighted by molar-refractivity contribution is -0.125. The topological polar surface area (TPSA) is 46.3 Å². The number of nitrogens with two attached hydrogens (primary N) is 1. The summed E-state index contributed by atoms with van der Waals surface area (Å²) in [4.78, 5) is 14.7. The maximum absolute atomic E-state index is 12.1. The highest BCUT2D eigenvalue weighted by atomic mass is 16.1.